The Morgan fingerprint density at radius 2 is 1.81 bits per heavy atom. The third-order valence-corrected chi connectivity index (χ3v) is 3.58. The molecule has 1 aliphatic rings. The van der Waals surface area contributed by atoms with Crippen LogP contribution in [-0.4, -0.2) is 31.7 Å². The van der Waals surface area contributed by atoms with Crippen LogP contribution in [0.3, 0.4) is 0 Å². The SMILES string of the molecule is COC(=O)Nc1ccc(NC(=O)C2CCNC(C)C2)cc1. The molecule has 0 aromatic heterocycles. The van der Waals surface area contributed by atoms with Crippen LogP contribution in [0.1, 0.15) is 19.8 Å². The van der Waals surface area contributed by atoms with E-state index >= 15 is 0 Å². The first-order valence-electron chi connectivity index (χ1n) is 7.07. The Labute approximate surface area is 124 Å². The van der Waals surface area contributed by atoms with Crippen molar-refractivity contribution in [3.63, 3.8) is 0 Å². The zero-order chi connectivity index (χ0) is 15.2. The highest BCUT2D eigenvalue weighted by Gasteiger charge is 2.24. The van der Waals surface area contributed by atoms with Gasteiger partial charge in [-0.05, 0) is 50.6 Å². The van der Waals surface area contributed by atoms with E-state index in [0.29, 0.717) is 11.7 Å². The maximum Gasteiger partial charge on any atom is 0.411 e. The maximum absolute atomic E-state index is 12.2. The smallest absolute Gasteiger partial charge is 0.411 e. The molecule has 0 radical (unpaired) electrons. The normalized spacial score (nSPS) is 21.4. The summed E-state index contributed by atoms with van der Waals surface area (Å²) in [5.74, 6) is 0.103. The fourth-order valence-corrected chi connectivity index (χ4v) is 2.42. The van der Waals surface area contributed by atoms with Crippen LogP contribution in [-0.2, 0) is 9.53 Å². The first-order chi connectivity index (χ1) is 10.1. The second kappa shape index (κ2) is 7.08. The second-order valence-electron chi connectivity index (χ2n) is 5.26. The number of carbonyl (C=O) groups excluding carboxylic acids is 2. The predicted octanol–water partition coefficient (Wildman–Crippen LogP) is 2.19. The Bertz CT molecular complexity index is 501. The topological polar surface area (TPSA) is 79.5 Å². The van der Waals surface area contributed by atoms with Gasteiger partial charge in [-0.2, -0.15) is 0 Å². The summed E-state index contributed by atoms with van der Waals surface area (Å²) in [7, 11) is 1.31. The molecular formula is C15H21N3O3. The zero-order valence-corrected chi connectivity index (χ0v) is 12.3. The summed E-state index contributed by atoms with van der Waals surface area (Å²) in [4.78, 5) is 23.3. The van der Waals surface area contributed by atoms with Crippen LogP contribution < -0.4 is 16.0 Å². The number of amides is 2. The minimum atomic E-state index is -0.518. The maximum atomic E-state index is 12.2. The molecule has 0 bridgehead atoms. The van der Waals surface area contributed by atoms with Crippen molar-refractivity contribution in [1.29, 1.82) is 0 Å². The summed E-state index contributed by atoms with van der Waals surface area (Å²) < 4.78 is 4.51. The van der Waals surface area contributed by atoms with Crippen molar-refractivity contribution in [2.75, 3.05) is 24.3 Å². The largest absolute Gasteiger partial charge is 0.453 e. The van der Waals surface area contributed by atoms with Gasteiger partial charge in [-0.25, -0.2) is 4.79 Å². The van der Waals surface area contributed by atoms with Gasteiger partial charge in [0.15, 0.2) is 0 Å². The van der Waals surface area contributed by atoms with Crippen molar-refractivity contribution in [3.8, 4) is 0 Å². The molecule has 114 valence electrons. The molecule has 1 heterocycles. The van der Waals surface area contributed by atoms with Crippen molar-refractivity contribution in [1.82, 2.24) is 5.32 Å². The number of methoxy groups -OCH3 is 1. The highest BCUT2D eigenvalue weighted by molar-refractivity contribution is 5.93. The van der Waals surface area contributed by atoms with Crippen molar-refractivity contribution in [2.24, 2.45) is 5.92 Å². The number of ether oxygens (including phenoxy) is 1. The third-order valence-electron chi connectivity index (χ3n) is 3.58. The van der Waals surface area contributed by atoms with Gasteiger partial charge < -0.3 is 15.4 Å². The van der Waals surface area contributed by atoms with E-state index in [9.17, 15) is 9.59 Å². The van der Waals surface area contributed by atoms with Gasteiger partial charge in [-0.15, -0.1) is 0 Å². The molecule has 0 saturated carbocycles. The number of rotatable bonds is 3. The molecule has 21 heavy (non-hydrogen) atoms. The van der Waals surface area contributed by atoms with Crippen LogP contribution >= 0.6 is 0 Å². The van der Waals surface area contributed by atoms with Gasteiger partial charge in [0.05, 0.1) is 7.11 Å². The van der Waals surface area contributed by atoms with Crippen molar-refractivity contribution >= 4 is 23.4 Å². The van der Waals surface area contributed by atoms with Crippen LogP contribution in [0.4, 0.5) is 16.2 Å². The fourth-order valence-electron chi connectivity index (χ4n) is 2.42. The number of hydrogen-bond donors (Lipinski definition) is 3. The molecule has 1 fully saturated rings. The number of hydrogen-bond acceptors (Lipinski definition) is 4. The molecule has 0 aliphatic carbocycles. The monoisotopic (exact) mass is 291 g/mol. The Kier molecular flexibility index (Phi) is 5.16. The summed E-state index contributed by atoms with van der Waals surface area (Å²) >= 11 is 0. The lowest BCUT2D eigenvalue weighted by Crippen LogP contribution is -2.40. The number of anilines is 2. The van der Waals surface area contributed by atoms with Crippen molar-refractivity contribution < 1.29 is 14.3 Å². The molecule has 2 unspecified atom stereocenters. The Morgan fingerprint density at radius 3 is 2.38 bits per heavy atom. The van der Waals surface area contributed by atoms with E-state index in [2.05, 4.69) is 27.6 Å². The standard InChI is InChI=1S/C15H21N3O3/c1-10-9-11(7-8-16-10)14(19)17-12-3-5-13(6-4-12)18-15(20)21-2/h3-6,10-11,16H,7-9H2,1-2H3,(H,17,19)(H,18,20). The molecular weight excluding hydrogens is 270 g/mol. The van der Waals surface area contributed by atoms with Gasteiger partial charge in [0.1, 0.15) is 0 Å². The summed E-state index contributed by atoms with van der Waals surface area (Å²) in [5.41, 5.74) is 1.34. The van der Waals surface area contributed by atoms with Crippen LogP contribution in [0.25, 0.3) is 0 Å². The zero-order valence-electron chi connectivity index (χ0n) is 12.3. The summed E-state index contributed by atoms with van der Waals surface area (Å²) in [5, 5.41) is 8.81. The average molecular weight is 291 g/mol. The van der Waals surface area contributed by atoms with E-state index in [0.717, 1.165) is 25.1 Å². The minimum absolute atomic E-state index is 0.0501. The average Bonchev–Trinajstić information content (AvgIpc) is 2.49. The lowest BCUT2D eigenvalue weighted by Gasteiger charge is -2.27. The second-order valence-corrected chi connectivity index (χ2v) is 5.26. The lowest BCUT2D eigenvalue weighted by molar-refractivity contribution is -0.120. The van der Waals surface area contributed by atoms with Crippen LogP contribution in [0.15, 0.2) is 24.3 Å². The van der Waals surface area contributed by atoms with Gasteiger partial charge in [0, 0.05) is 23.3 Å². The highest BCUT2D eigenvalue weighted by Crippen LogP contribution is 2.19. The first kappa shape index (κ1) is 15.3. The van der Waals surface area contributed by atoms with E-state index in [-0.39, 0.29) is 11.8 Å². The van der Waals surface area contributed by atoms with Crippen LogP contribution in [0.2, 0.25) is 0 Å². The molecule has 2 amide bonds. The van der Waals surface area contributed by atoms with Gasteiger partial charge in [0.2, 0.25) is 5.91 Å². The number of piperidine rings is 1. The van der Waals surface area contributed by atoms with E-state index in [1.54, 1.807) is 24.3 Å². The van der Waals surface area contributed by atoms with Gasteiger partial charge >= 0.3 is 6.09 Å². The van der Waals surface area contributed by atoms with E-state index in [1.807, 2.05) is 0 Å². The summed E-state index contributed by atoms with van der Waals surface area (Å²) in [6.07, 6.45) is 1.20. The van der Waals surface area contributed by atoms with Gasteiger partial charge in [-0.3, -0.25) is 10.1 Å². The third kappa shape index (κ3) is 4.46. The Morgan fingerprint density at radius 1 is 1.19 bits per heavy atom. The molecule has 6 heteroatoms. The summed E-state index contributed by atoms with van der Waals surface area (Å²) in [6, 6.07) is 7.33. The Balaban J connectivity index is 1.90. The quantitative estimate of drug-likeness (QED) is 0.797. The number of benzene rings is 1. The van der Waals surface area contributed by atoms with E-state index in [4.69, 9.17) is 0 Å². The van der Waals surface area contributed by atoms with Crippen LogP contribution in [0.5, 0.6) is 0 Å². The van der Waals surface area contributed by atoms with E-state index in [1.165, 1.54) is 7.11 Å². The van der Waals surface area contributed by atoms with Gasteiger partial charge in [0.25, 0.3) is 0 Å². The number of nitrogens with one attached hydrogen (secondary N) is 3. The molecule has 1 aromatic rings. The first-order valence-corrected chi connectivity index (χ1v) is 7.07. The fraction of sp³-hybridized carbons (Fsp3) is 0.467. The van der Waals surface area contributed by atoms with Crippen molar-refractivity contribution in [3.05, 3.63) is 24.3 Å². The molecule has 1 saturated heterocycles. The molecule has 1 aliphatic heterocycles. The summed E-state index contributed by atoms with van der Waals surface area (Å²) in [6.45, 7) is 2.97. The molecule has 6 nitrogen and oxygen atoms in total. The lowest BCUT2D eigenvalue weighted by atomic mass is 9.92. The molecule has 0 spiro atoms. The van der Waals surface area contributed by atoms with Crippen molar-refractivity contribution in [2.45, 2.75) is 25.8 Å². The van der Waals surface area contributed by atoms with Crippen LogP contribution in [0, 0.1) is 5.92 Å². The highest BCUT2D eigenvalue weighted by atomic mass is 16.5. The Hall–Kier alpha value is -2.08. The molecule has 2 rings (SSSR count). The molecule has 3 N–H and O–H groups in total. The number of carbonyl (C=O) groups is 2. The minimum Gasteiger partial charge on any atom is -0.453 e. The van der Waals surface area contributed by atoms with E-state index < -0.39 is 6.09 Å². The van der Waals surface area contributed by atoms with Gasteiger partial charge in [-0.1, -0.05) is 0 Å². The predicted molar refractivity (Wildman–Crippen MR) is 81.3 cm³/mol. The molecule has 2 atom stereocenters. The molecule has 1 aromatic carbocycles.